The average molecular weight is 341 g/mol. The summed E-state index contributed by atoms with van der Waals surface area (Å²) in [5, 5.41) is 5.55. The Morgan fingerprint density at radius 3 is 2.68 bits per heavy atom. The molecule has 0 radical (unpaired) electrons. The van der Waals surface area contributed by atoms with Gasteiger partial charge in [-0.25, -0.2) is 9.18 Å². The molecule has 6 heteroatoms. The highest BCUT2D eigenvalue weighted by Gasteiger charge is 2.31. The van der Waals surface area contributed by atoms with E-state index in [0.717, 1.165) is 6.42 Å². The van der Waals surface area contributed by atoms with Gasteiger partial charge in [-0.1, -0.05) is 25.1 Å². The minimum Gasteiger partial charge on any atom is -0.333 e. The number of anilines is 2. The van der Waals surface area contributed by atoms with E-state index in [-0.39, 0.29) is 24.4 Å². The van der Waals surface area contributed by atoms with Crippen LogP contribution in [0.25, 0.3) is 0 Å². The van der Waals surface area contributed by atoms with Crippen molar-refractivity contribution in [2.45, 2.75) is 25.8 Å². The number of nitrogens with one attached hydrogen (secondary N) is 2. The third kappa shape index (κ3) is 4.15. The minimum atomic E-state index is -0.394. The molecule has 1 atom stereocenters. The molecule has 0 spiro atoms. The SMILES string of the molecule is CCc1ccc(NC(=O)NC2CC(=O)N(c3cccc(F)c3)C2)cc1. The summed E-state index contributed by atoms with van der Waals surface area (Å²) in [4.78, 5) is 25.7. The van der Waals surface area contributed by atoms with Crippen LogP contribution in [0.5, 0.6) is 0 Å². The van der Waals surface area contributed by atoms with E-state index in [1.807, 2.05) is 24.3 Å². The summed E-state index contributed by atoms with van der Waals surface area (Å²) in [6, 6.07) is 12.8. The van der Waals surface area contributed by atoms with Crippen molar-refractivity contribution in [3.8, 4) is 0 Å². The summed E-state index contributed by atoms with van der Waals surface area (Å²) in [5.41, 5.74) is 2.39. The summed E-state index contributed by atoms with van der Waals surface area (Å²) in [6.07, 6.45) is 1.13. The molecule has 1 fully saturated rings. The second kappa shape index (κ2) is 7.34. The Morgan fingerprint density at radius 1 is 1.24 bits per heavy atom. The molecule has 5 nitrogen and oxygen atoms in total. The third-order valence-corrected chi connectivity index (χ3v) is 4.20. The quantitative estimate of drug-likeness (QED) is 0.896. The van der Waals surface area contributed by atoms with Crippen molar-refractivity contribution in [3.63, 3.8) is 0 Å². The summed E-state index contributed by atoms with van der Waals surface area (Å²) < 4.78 is 13.3. The molecule has 1 heterocycles. The molecule has 0 saturated carbocycles. The van der Waals surface area contributed by atoms with Crippen LogP contribution in [0, 0.1) is 5.82 Å². The lowest BCUT2D eigenvalue weighted by molar-refractivity contribution is -0.117. The Morgan fingerprint density at radius 2 is 2.00 bits per heavy atom. The van der Waals surface area contributed by atoms with Crippen molar-refractivity contribution >= 4 is 23.3 Å². The molecule has 25 heavy (non-hydrogen) atoms. The molecule has 3 rings (SSSR count). The standard InChI is InChI=1S/C19H20FN3O2/c1-2-13-6-8-15(9-7-13)21-19(25)22-16-11-18(24)23(12-16)17-5-3-4-14(20)10-17/h3-10,16H,2,11-12H2,1H3,(H2,21,22,25). The number of carbonyl (C=O) groups is 2. The van der Waals surface area contributed by atoms with Crippen LogP contribution in [0.1, 0.15) is 18.9 Å². The predicted molar refractivity (Wildman–Crippen MR) is 95.1 cm³/mol. The summed E-state index contributed by atoms with van der Waals surface area (Å²) >= 11 is 0. The zero-order valence-corrected chi connectivity index (χ0v) is 14.0. The molecule has 2 N–H and O–H groups in total. The van der Waals surface area contributed by atoms with Crippen LogP contribution in [0.15, 0.2) is 48.5 Å². The largest absolute Gasteiger partial charge is 0.333 e. The van der Waals surface area contributed by atoms with Gasteiger partial charge < -0.3 is 15.5 Å². The highest BCUT2D eigenvalue weighted by atomic mass is 19.1. The monoisotopic (exact) mass is 341 g/mol. The fourth-order valence-electron chi connectivity index (χ4n) is 2.87. The lowest BCUT2D eigenvalue weighted by atomic mass is 10.1. The van der Waals surface area contributed by atoms with Gasteiger partial charge in [-0.05, 0) is 42.3 Å². The van der Waals surface area contributed by atoms with E-state index >= 15 is 0 Å². The number of aryl methyl sites for hydroxylation is 1. The van der Waals surface area contributed by atoms with Crippen LogP contribution in [0.2, 0.25) is 0 Å². The molecule has 0 aliphatic carbocycles. The van der Waals surface area contributed by atoms with Crippen molar-refractivity contribution in [1.82, 2.24) is 5.32 Å². The molecule has 3 amide bonds. The van der Waals surface area contributed by atoms with Gasteiger partial charge in [-0.15, -0.1) is 0 Å². The number of hydrogen-bond acceptors (Lipinski definition) is 2. The van der Waals surface area contributed by atoms with Gasteiger partial charge >= 0.3 is 6.03 Å². The molecule has 1 aliphatic heterocycles. The smallest absolute Gasteiger partial charge is 0.319 e. The van der Waals surface area contributed by atoms with E-state index in [1.165, 1.54) is 22.6 Å². The van der Waals surface area contributed by atoms with Crippen molar-refractivity contribution < 1.29 is 14.0 Å². The highest BCUT2D eigenvalue weighted by Crippen LogP contribution is 2.22. The van der Waals surface area contributed by atoms with E-state index in [4.69, 9.17) is 0 Å². The topological polar surface area (TPSA) is 61.4 Å². The fourth-order valence-corrected chi connectivity index (χ4v) is 2.87. The van der Waals surface area contributed by atoms with Crippen LogP contribution in [0.3, 0.4) is 0 Å². The summed E-state index contributed by atoms with van der Waals surface area (Å²) in [5.74, 6) is -0.529. The summed E-state index contributed by atoms with van der Waals surface area (Å²) in [6.45, 7) is 2.39. The molecule has 1 saturated heterocycles. The van der Waals surface area contributed by atoms with Crippen LogP contribution in [-0.4, -0.2) is 24.5 Å². The first kappa shape index (κ1) is 17.0. The van der Waals surface area contributed by atoms with Gasteiger partial charge in [-0.2, -0.15) is 0 Å². The van der Waals surface area contributed by atoms with Crippen LogP contribution >= 0.6 is 0 Å². The molecule has 2 aromatic rings. The Balaban J connectivity index is 1.58. The Labute approximate surface area is 145 Å². The van der Waals surface area contributed by atoms with Gasteiger partial charge in [0.25, 0.3) is 0 Å². The highest BCUT2D eigenvalue weighted by molar-refractivity contribution is 5.97. The van der Waals surface area contributed by atoms with E-state index in [0.29, 0.717) is 17.9 Å². The Hall–Kier alpha value is -2.89. The summed E-state index contributed by atoms with van der Waals surface area (Å²) in [7, 11) is 0. The first-order valence-corrected chi connectivity index (χ1v) is 8.27. The molecule has 0 bridgehead atoms. The van der Waals surface area contributed by atoms with Gasteiger partial charge in [-0.3, -0.25) is 4.79 Å². The molecule has 2 aromatic carbocycles. The zero-order chi connectivity index (χ0) is 17.8. The average Bonchev–Trinajstić information content (AvgIpc) is 2.95. The molecule has 130 valence electrons. The number of rotatable bonds is 4. The van der Waals surface area contributed by atoms with Gasteiger partial charge in [0, 0.05) is 24.3 Å². The number of benzene rings is 2. The van der Waals surface area contributed by atoms with Crippen LogP contribution in [0.4, 0.5) is 20.6 Å². The normalized spacial score (nSPS) is 16.8. The molecule has 1 unspecified atom stereocenters. The van der Waals surface area contributed by atoms with Crippen LogP contribution in [-0.2, 0) is 11.2 Å². The molecular formula is C19H20FN3O2. The van der Waals surface area contributed by atoms with Gasteiger partial charge in [0.1, 0.15) is 5.82 Å². The van der Waals surface area contributed by atoms with Gasteiger partial charge in [0.2, 0.25) is 5.91 Å². The zero-order valence-electron chi connectivity index (χ0n) is 14.0. The maximum absolute atomic E-state index is 13.3. The van der Waals surface area contributed by atoms with Crippen LogP contribution < -0.4 is 15.5 Å². The van der Waals surface area contributed by atoms with Crippen molar-refractivity contribution in [2.75, 3.05) is 16.8 Å². The predicted octanol–water partition coefficient (Wildman–Crippen LogP) is 3.32. The van der Waals surface area contributed by atoms with Crippen molar-refractivity contribution in [3.05, 3.63) is 59.9 Å². The maximum atomic E-state index is 13.3. The Kier molecular flexibility index (Phi) is 4.97. The third-order valence-electron chi connectivity index (χ3n) is 4.20. The fraction of sp³-hybridized carbons (Fsp3) is 0.263. The van der Waals surface area contributed by atoms with Crippen molar-refractivity contribution in [2.24, 2.45) is 0 Å². The number of urea groups is 1. The molecular weight excluding hydrogens is 321 g/mol. The van der Waals surface area contributed by atoms with Gasteiger partial charge in [0.05, 0.1) is 6.04 Å². The first-order valence-electron chi connectivity index (χ1n) is 8.27. The maximum Gasteiger partial charge on any atom is 0.319 e. The van der Waals surface area contributed by atoms with E-state index in [2.05, 4.69) is 17.6 Å². The second-order valence-electron chi connectivity index (χ2n) is 6.03. The lowest BCUT2D eigenvalue weighted by Crippen LogP contribution is -2.39. The number of carbonyl (C=O) groups excluding carboxylic acids is 2. The van der Waals surface area contributed by atoms with Gasteiger partial charge in [0.15, 0.2) is 0 Å². The number of amides is 3. The van der Waals surface area contributed by atoms with Crippen molar-refractivity contribution in [1.29, 1.82) is 0 Å². The van der Waals surface area contributed by atoms with E-state index in [9.17, 15) is 14.0 Å². The number of hydrogen-bond donors (Lipinski definition) is 2. The minimum absolute atomic E-state index is 0.136. The van der Waals surface area contributed by atoms with E-state index in [1.54, 1.807) is 12.1 Å². The molecule has 0 aromatic heterocycles. The molecule has 1 aliphatic rings. The second-order valence-corrected chi connectivity index (χ2v) is 6.03. The number of nitrogens with zero attached hydrogens (tertiary/aromatic N) is 1. The lowest BCUT2D eigenvalue weighted by Gasteiger charge is -2.17. The Bertz CT molecular complexity index is 776. The van der Waals surface area contributed by atoms with E-state index < -0.39 is 5.82 Å². The number of halogens is 1. The first-order chi connectivity index (χ1) is 12.0.